The van der Waals surface area contributed by atoms with Gasteiger partial charge in [0.2, 0.25) is 0 Å². The summed E-state index contributed by atoms with van der Waals surface area (Å²) in [6, 6.07) is 0.0559. The van der Waals surface area contributed by atoms with Gasteiger partial charge in [0.05, 0.1) is 7.11 Å². The summed E-state index contributed by atoms with van der Waals surface area (Å²) in [5, 5.41) is 0. The van der Waals surface area contributed by atoms with E-state index in [0.717, 1.165) is 19.5 Å². The molecular formula is C11H23ClN2O2. The van der Waals surface area contributed by atoms with Gasteiger partial charge in [-0.2, -0.15) is 0 Å². The van der Waals surface area contributed by atoms with E-state index in [1.54, 1.807) is 0 Å². The predicted octanol–water partition coefficient (Wildman–Crippen LogP) is 1.03. The number of likely N-dealkylation sites (tertiary alicyclic amines) is 1. The lowest BCUT2D eigenvalue weighted by molar-refractivity contribution is -0.147. The van der Waals surface area contributed by atoms with E-state index >= 15 is 0 Å². The Hall–Kier alpha value is -0.320. The topological polar surface area (TPSA) is 55.6 Å². The molecule has 2 atom stereocenters. The fourth-order valence-electron chi connectivity index (χ4n) is 2.07. The van der Waals surface area contributed by atoms with Crippen molar-refractivity contribution in [1.82, 2.24) is 4.90 Å². The molecule has 0 radical (unpaired) electrons. The van der Waals surface area contributed by atoms with E-state index in [-0.39, 0.29) is 35.9 Å². The second-order valence-corrected chi connectivity index (χ2v) is 5.05. The minimum Gasteiger partial charge on any atom is -0.468 e. The first kappa shape index (κ1) is 15.7. The fraction of sp³-hybridized carbons (Fsp3) is 0.909. The molecule has 1 rings (SSSR count). The molecule has 1 aliphatic heterocycles. The molecule has 0 bridgehead atoms. The largest absolute Gasteiger partial charge is 0.468 e. The normalized spacial score (nSPS) is 26.7. The summed E-state index contributed by atoms with van der Waals surface area (Å²) in [7, 11) is 1.43. The van der Waals surface area contributed by atoms with Crippen molar-refractivity contribution >= 4 is 18.4 Å². The van der Waals surface area contributed by atoms with Crippen LogP contribution in [0.5, 0.6) is 0 Å². The van der Waals surface area contributed by atoms with Gasteiger partial charge in [-0.1, -0.05) is 13.8 Å². The van der Waals surface area contributed by atoms with Crippen molar-refractivity contribution < 1.29 is 9.53 Å². The Morgan fingerprint density at radius 1 is 1.56 bits per heavy atom. The average Bonchev–Trinajstić information content (AvgIpc) is 2.19. The third-order valence-electron chi connectivity index (χ3n) is 3.43. The second-order valence-electron chi connectivity index (χ2n) is 5.05. The highest BCUT2D eigenvalue weighted by molar-refractivity contribution is 5.85. The monoisotopic (exact) mass is 250 g/mol. The summed E-state index contributed by atoms with van der Waals surface area (Å²) in [6.45, 7) is 7.91. The molecule has 0 aromatic heterocycles. The van der Waals surface area contributed by atoms with Gasteiger partial charge in [-0.3, -0.25) is 9.69 Å². The van der Waals surface area contributed by atoms with Crippen LogP contribution < -0.4 is 5.73 Å². The highest BCUT2D eigenvalue weighted by Gasteiger charge is 2.36. The van der Waals surface area contributed by atoms with E-state index in [9.17, 15) is 4.79 Å². The lowest BCUT2D eigenvalue weighted by Gasteiger charge is -2.44. The zero-order valence-electron chi connectivity index (χ0n) is 10.5. The summed E-state index contributed by atoms with van der Waals surface area (Å²) in [4.78, 5) is 13.6. The molecule has 0 aromatic rings. The van der Waals surface area contributed by atoms with Crippen LogP contribution in [0.2, 0.25) is 0 Å². The number of hydrogen-bond donors (Lipinski definition) is 1. The molecule has 16 heavy (non-hydrogen) atoms. The molecule has 0 amide bonds. The smallest absolute Gasteiger partial charge is 0.322 e. The van der Waals surface area contributed by atoms with Gasteiger partial charge in [0, 0.05) is 19.1 Å². The minimum atomic E-state index is -0.165. The Morgan fingerprint density at radius 2 is 2.12 bits per heavy atom. The standard InChI is InChI=1S/C11H22N2O2.ClH/c1-8(10(14)15-4)13-6-5-9(12)11(2,3)7-13;/h8-9H,5-7,12H2,1-4H3;1H. The maximum Gasteiger partial charge on any atom is 0.322 e. The van der Waals surface area contributed by atoms with Crippen LogP contribution in [0.1, 0.15) is 27.2 Å². The third kappa shape index (κ3) is 3.34. The van der Waals surface area contributed by atoms with Crippen LogP contribution >= 0.6 is 12.4 Å². The van der Waals surface area contributed by atoms with E-state index in [4.69, 9.17) is 10.5 Å². The summed E-state index contributed by atoms with van der Waals surface area (Å²) in [5.41, 5.74) is 6.11. The molecule has 1 heterocycles. The molecule has 1 fully saturated rings. The predicted molar refractivity (Wildman–Crippen MR) is 66.7 cm³/mol. The zero-order valence-corrected chi connectivity index (χ0v) is 11.3. The van der Waals surface area contributed by atoms with Gasteiger partial charge in [0.15, 0.2) is 0 Å². The highest BCUT2D eigenvalue weighted by Crippen LogP contribution is 2.28. The molecule has 1 aliphatic rings. The summed E-state index contributed by atoms with van der Waals surface area (Å²) in [5.74, 6) is -0.165. The van der Waals surface area contributed by atoms with Crippen LogP contribution in [-0.4, -0.2) is 43.2 Å². The van der Waals surface area contributed by atoms with Gasteiger partial charge < -0.3 is 10.5 Å². The Balaban J connectivity index is 0.00000225. The van der Waals surface area contributed by atoms with Crippen LogP contribution in [0.25, 0.3) is 0 Å². The van der Waals surface area contributed by atoms with Crippen molar-refractivity contribution in [2.24, 2.45) is 11.1 Å². The number of ether oxygens (including phenoxy) is 1. The lowest BCUT2D eigenvalue weighted by atomic mass is 9.79. The van der Waals surface area contributed by atoms with E-state index in [0.29, 0.717) is 0 Å². The fourth-order valence-corrected chi connectivity index (χ4v) is 2.07. The zero-order chi connectivity index (χ0) is 11.6. The first-order valence-corrected chi connectivity index (χ1v) is 5.46. The van der Waals surface area contributed by atoms with Gasteiger partial charge in [0.25, 0.3) is 0 Å². The van der Waals surface area contributed by atoms with Crippen molar-refractivity contribution in [2.45, 2.75) is 39.3 Å². The average molecular weight is 251 g/mol. The number of esters is 1. The number of carbonyl (C=O) groups is 1. The summed E-state index contributed by atoms with van der Waals surface area (Å²) in [6.07, 6.45) is 0.939. The Labute approximate surface area is 104 Å². The second kappa shape index (κ2) is 5.84. The molecule has 0 spiro atoms. The number of carbonyl (C=O) groups excluding carboxylic acids is 1. The number of methoxy groups -OCH3 is 1. The SMILES string of the molecule is COC(=O)C(C)N1CCC(N)C(C)(C)C1.Cl. The molecule has 0 aliphatic carbocycles. The van der Waals surface area contributed by atoms with Crippen molar-refractivity contribution in [1.29, 1.82) is 0 Å². The van der Waals surface area contributed by atoms with Crippen molar-refractivity contribution in [2.75, 3.05) is 20.2 Å². The number of nitrogens with two attached hydrogens (primary N) is 1. The first-order valence-electron chi connectivity index (χ1n) is 5.46. The summed E-state index contributed by atoms with van der Waals surface area (Å²) < 4.78 is 4.75. The van der Waals surface area contributed by atoms with Gasteiger partial charge in [0.1, 0.15) is 6.04 Å². The van der Waals surface area contributed by atoms with Gasteiger partial charge in [-0.15, -0.1) is 12.4 Å². The molecule has 1 saturated heterocycles. The minimum absolute atomic E-state index is 0. The molecule has 96 valence electrons. The molecule has 5 heteroatoms. The lowest BCUT2D eigenvalue weighted by Crippen LogP contribution is -2.56. The molecule has 0 aromatic carbocycles. The molecule has 0 saturated carbocycles. The number of halogens is 1. The van der Waals surface area contributed by atoms with E-state index < -0.39 is 0 Å². The first-order chi connectivity index (χ1) is 6.88. The highest BCUT2D eigenvalue weighted by atomic mass is 35.5. The number of hydrogen-bond acceptors (Lipinski definition) is 4. The maximum absolute atomic E-state index is 11.4. The van der Waals surface area contributed by atoms with Crippen molar-refractivity contribution in [3.63, 3.8) is 0 Å². The van der Waals surface area contributed by atoms with Crippen LogP contribution in [0.3, 0.4) is 0 Å². The molecule has 4 nitrogen and oxygen atoms in total. The van der Waals surface area contributed by atoms with Gasteiger partial charge in [-0.05, 0) is 18.8 Å². The van der Waals surface area contributed by atoms with Gasteiger partial charge >= 0.3 is 5.97 Å². The van der Waals surface area contributed by atoms with Crippen molar-refractivity contribution in [3.8, 4) is 0 Å². The van der Waals surface area contributed by atoms with Crippen molar-refractivity contribution in [3.05, 3.63) is 0 Å². The molecule has 2 N–H and O–H groups in total. The van der Waals surface area contributed by atoms with Crippen LogP contribution in [0.15, 0.2) is 0 Å². The third-order valence-corrected chi connectivity index (χ3v) is 3.43. The van der Waals surface area contributed by atoms with E-state index in [1.807, 2.05) is 6.92 Å². The van der Waals surface area contributed by atoms with Crippen LogP contribution in [0, 0.1) is 5.41 Å². The van der Waals surface area contributed by atoms with Crippen LogP contribution in [0.4, 0.5) is 0 Å². The molecular weight excluding hydrogens is 228 g/mol. The Kier molecular flexibility index (Phi) is 5.73. The van der Waals surface area contributed by atoms with Gasteiger partial charge in [-0.25, -0.2) is 0 Å². The number of piperidine rings is 1. The quantitative estimate of drug-likeness (QED) is 0.744. The van der Waals surface area contributed by atoms with E-state index in [2.05, 4.69) is 18.7 Å². The van der Waals surface area contributed by atoms with Crippen LogP contribution in [-0.2, 0) is 9.53 Å². The number of rotatable bonds is 2. The molecule has 2 unspecified atom stereocenters. The van der Waals surface area contributed by atoms with E-state index in [1.165, 1.54) is 7.11 Å². The number of nitrogens with zero attached hydrogens (tertiary/aromatic N) is 1. The Morgan fingerprint density at radius 3 is 2.56 bits per heavy atom. The summed E-state index contributed by atoms with van der Waals surface area (Å²) >= 11 is 0. The Bertz CT molecular complexity index is 246. The maximum atomic E-state index is 11.4.